The SMILES string of the molecule is CCOc1cc(CCN(C)CCCCC(=O)c2cc(OCC)cc(OCC)c2C(C)C)cc(OCC)c1.O=C(O)C(=O)O. The van der Waals surface area contributed by atoms with Crippen LogP contribution in [0.3, 0.4) is 0 Å². The lowest BCUT2D eigenvalue weighted by molar-refractivity contribution is -0.159. The third kappa shape index (κ3) is 13.8. The van der Waals surface area contributed by atoms with Crippen LogP contribution in [0.5, 0.6) is 23.0 Å². The van der Waals surface area contributed by atoms with E-state index in [1.54, 1.807) is 0 Å². The Morgan fingerprint density at radius 3 is 1.70 bits per heavy atom. The van der Waals surface area contributed by atoms with E-state index in [9.17, 15) is 4.79 Å². The summed E-state index contributed by atoms with van der Waals surface area (Å²) in [6.45, 7) is 16.3. The Hall–Kier alpha value is -3.79. The number of likely N-dealkylation sites (N-methyl/N-ethyl adjacent to an activating group) is 1. The number of Topliss-reactive ketones (excluding diaryl/α,β-unsaturated/α-hetero) is 1. The predicted octanol–water partition coefficient (Wildman–Crippen LogP) is 6.09. The second-order valence-corrected chi connectivity index (χ2v) is 10.1. The molecule has 2 aromatic carbocycles. The lowest BCUT2D eigenvalue weighted by atomic mass is 9.91. The second-order valence-electron chi connectivity index (χ2n) is 10.1. The topological polar surface area (TPSA) is 132 Å². The molecule has 0 aromatic heterocycles. The van der Waals surface area contributed by atoms with E-state index in [0.29, 0.717) is 38.6 Å². The minimum Gasteiger partial charge on any atom is -0.494 e. The molecule has 0 saturated heterocycles. The van der Waals surface area contributed by atoms with E-state index in [1.807, 2.05) is 45.9 Å². The number of nitrogens with zero attached hydrogens (tertiary/aromatic N) is 1. The Labute approximate surface area is 255 Å². The fraction of sp³-hybridized carbons (Fsp3) is 0.545. The van der Waals surface area contributed by atoms with Crippen LogP contribution in [0.1, 0.15) is 88.2 Å². The molecule has 0 amide bonds. The van der Waals surface area contributed by atoms with Gasteiger partial charge in [0.15, 0.2) is 5.78 Å². The van der Waals surface area contributed by atoms with E-state index in [1.165, 1.54) is 5.56 Å². The molecular formula is C33H49NO9. The van der Waals surface area contributed by atoms with Crippen LogP contribution in [0.15, 0.2) is 30.3 Å². The zero-order valence-electron chi connectivity index (χ0n) is 26.7. The molecule has 0 aliphatic rings. The van der Waals surface area contributed by atoms with Gasteiger partial charge in [-0.05, 0) is 90.2 Å². The van der Waals surface area contributed by atoms with Gasteiger partial charge in [-0.15, -0.1) is 0 Å². The van der Waals surface area contributed by atoms with Gasteiger partial charge in [0.05, 0.1) is 26.4 Å². The van der Waals surface area contributed by atoms with Crippen molar-refractivity contribution < 1.29 is 43.5 Å². The molecule has 2 rings (SSSR count). The second kappa shape index (κ2) is 20.2. The van der Waals surface area contributed by atoms with E-state index in [4.69, 9.17) is 38.7 Å². The Morgan fingerprint density at radius 2 is 1.23 bits per heavy atom. The molecule has 2 aromatic rings. The number of ether oxygens (including phenoxy) is 4. The minimum absolute atomic E-state index is 0.157. The largest absolute Gasteiger partial charge is 0.494 e. The number of carbonyl (C=O) groups is 3. The summed E-state index contributed by atoms with van der Waals surface area (Å²) in [5.41, 5.74) is 2.92. The van der Waals surface area contributed by atoms with Gasteiger partial charge in [-0.3, -0.25) is 4.79 Å². The summed E-state index contributed by atoms with van der Waals surface area (Å²) in [5, 5.41) is 14.8. The van der Waals surface area contributed by atoms with Crippen LogP contribution in [0, 0.1) is 0 Å². The molecule has 10 nitrogen and oxygen atoms in total. The van der Waals surface area contributed by atoms with Crippen molar-refractivity contribution in [3.63, 3.8) is 0 Å². The molecule has 0 radical (unpaired) electrons. The van der Waals surface area contributed by atoms with Gasteiger partial charge >= 0.3 is 11.9 Å². The van der Waals surface area contributed by atoms with Gasteiger partial charge in [-0.25, -0.2) is 9.59 Å². The summed E-state index contributed by atoms with van der Waals surface area (Å²) in [4.78, 5) is 33.8. The molecular weight excluding hydrogens is 554 g/mol. The van der Waals surface area contributed by atoms with Crippen molar-refractivity contribution >= 4 is 17.7 Å². The third-order valence-corrected chi connectivity index (χ3v) is 6.32. The Bertz CT molecular complexity index is 1130. The van der Waals surface area contributed by atoms with Crippen LogP contribution in [-0.4, -0.2) is 79.4 Å². The third-order valence-electron chi connectivity index (χ3n) is 6.32. The minimum atomic E-state index is -1.82. The van der Waals surface area contributed by atoms with Gasteiger partial charge < -0.3 is 34.1 Å². The van der Waals surface area contributed by atoms with Crippen LogP contribution < -0.4 is 18.9 Å². The highest BCUT2D eigenvalue weighted by Crippen LogP contribution is 2.35. The molecule has 2 N–H and O–H groups in total. The fourth-order valence-corrected chi connectivity index (χ4v) is 4.46. The number of rotatable bonds is 18. The maximum absolute atomic E-state index is 13.3. The van der Waals surface area contributed by atoms with Crippen molar-refractivity contribution in [1.29, 1.82) is 0 Å². The van der Waals surface area contributed by atoms with E-state index >= 15 is 0 Å². The molecule has 43 heavy (non-hydrogen) atoms. The number of carboxylic acid groups (broad SMARTS) is 2. The van der Waals surface area contributed by atoms with E-state index in [-0.39, 0.29) is 11.7 Å². The zero-order valence-corrected chi connectivity index (χ0v) is 26.7. The molecule has 0 atom stereocenters. The first-order valence-electron chi connectivity index (χ1n) is 15.0. The van der Waals surface area contributed by atoms with E-state index in [2.05, 4.69) is 37.9 Å². The van der Waals surface area contributed by atoms with Gasteiger partial charge in [-0.1, -0.05) is 13.8 Å². The van der Waals surface area contributed by atoms with Gasteiger partial charge in [0.1, 0.15) is 23.0 Å². The first kappa shape index (κ1) is 37.2. The average Bonchev–Trinajstić information content (AvgIpc) is 2.94. The predicted molar refractivity (Wildman–Crippen MR) is 166 cm³/mol. The molecule has 0 saturated carbocycles. The van der Waals surface area contributed by atoms with Gasteiger partial charge in [0.25, 0.3) is 0 Å². The van der Waals surface area contributed by atoms with Crippen LogP contribution in [0.25, 0.3) is 0 Å². The molecule has 0 fully saturated rings. The van der Waals surface area contributed by atoms with Gasteiger partial charge in [-0.2, -0.15) is 0 Å². The lowest BCUT2D eigenvalue weighted by Gasteiger charge is -2.20. The molecule has 0 spiro atoms. The standard InChI is InChI=1S/C31H47NO5.C2H2O4/c1-8-34-25-18-24(19-26(20-25)35-9-2)15-17-32(7)16-13-12-14-29(33)28-21-27(36-10-3)22-30(37-11-4)31(28)23(5)6;3-1(4)2(5)6/h18-23H,8-17H2,1-7H3;(H,3,4)(H,5,6). The molecule has 240 valence electrons. The van der Waals surface area contributed by atoms with Crippen molar-refractivity contribution in [3.05, 3.63) is 47.0 Å². The maximum Gasteiger partial charge on any atom is 0.414 e. The Kier molecular flexibility index (Phi) is 17.5. The summed E-state index contributed by atoms with van der Waals surface area (Å²) in [7, 11) is 2.13. The average molecular weight is 604 g/mol. The van der Waals surface area contributed by atoms with E-state index < -0.39 is 11.9 Å². The highest BCUT2D eigenvalue weighted by atomic mass is 16.5. The van der Waals surface area contributed by atoms with Crippen molar-refractivity contribution in [2.24, 2.45) is 0 Å². The summed E-state index contributed by atoms with van der Waals surface area (Å²) in [6, 6.07) is 9.94. The number of benzene rings is 2. The number of hydrogen-bond donors (Lipinski definition) is 2. The summed E-state index contributed by atoms with van der Waals surface area (Å²) < 4.78 is 23.0. The van der Waals surface area contributed by atoms with Gasteiger partial charge in [0.2, 0.25) is 0 Å². The highest BCUT2D eigenvalue weighted by Gasteiger charge is 2.20. The van der Waals surface area contributed by atoms with Crippen LogP contribution >= 0.6 is 0 Å². The molecule has 0 aliphatic carbocycles. The summed E-state index contributed by atoms with van der Waals surface area (Å²) in [6.07, 6.45) is 3.24. The fourth-order valence-electron chi connectivity index (χ4n) is 4.46. The quantitative estimate of drug-likeness (QED) is 0.117. The number of carboxylic acids is 2. The lowest BCUT2D eigenvalue weighted by Crippen LogP contribution is -2.22. The highest BCUT2D eigenvalue weighted by molar-refractivity contribution is 6.27. The van der Waals surface area contributed by atoms with Crippen molar-refractivity contribution in [2.45, 2.75) is 73.1 Å². The molecule has 0 unspecified atom stereocenters. The number of aliphatic carboxylic acids is 2. The maximum atomic E-state index is 13.3. The first-order chi connectivity index (χ1) is 20.5. The molecule has 0 bridgehead atoms. The number of unbranched alkanes of at least 4 members (excludes halogenated alkanes) is 1. The number of hydrogen-bond acceptors (Lipinski definition) is 8. The van der Waals surface area contributed by atoms with Gasteiger partial charge in [0, 0.05) is 36.2 Å². The Balaban J connectivity index is 0.00000139. The number of carbonyl (C=O) groups excluding carboxylic acids is 1. The van der Waals surface area contributed by atoms with Crippen LogP contribution in [0.2, 0.25) is 0 Å². The van der Waals surface area contributed by atoms with Crippen LogP contribution in [0.4, 0.5) is 0 Å². The molecule has 10 heteroatoms. The normalized spacial score (nSPS) is 10.6. The summed E-state index contributed by atoms with van der Waals surface area (Å²) >= 11 is 0. The zero-order chi connectivity index (χ0) is 32.4. The van der Waals surface area contributed by atoms with Crippen molar-refractivity contribution in [3.8, 4) is 23.0 Å². The smallest absolute Gasteiger partial charge is 0.414 e. The summed E-state index contributed by atoms with van der Waals surface area (Å²) in [5.74, 6) is -0.147. The molecule has 0 heterocycles. The first-order valence-corrected chi connectivity index (χ1v) is 15.0. The Morgan fingerprint density at radius 1 is 0.721 bits per heavy atom. The molecule has 0 aliphatic heterocycles. The number of ketones is 1. The van der Waals surface area contributed by atoms with Crippen molar-refractivity contribution in [1.82, 2.24) is 4.90 Å². The monoisotopic (exact) mass is 603 g/mol. The van der Waals surface area contributed by atoms with E-state index in [0.717, 1.165) is 60.7 Å². The van der Waals surface area contributed by atoms with Crippen molar-refractivity contribution in [2.75, 3.05) is 46.6 Å². The van der Waals surface area contributed by atoms with Crippen LogP contribution in [-0.2, 0) is 16.0 Å².